The maximum Gasteiger partial charge on any atom is 0.258 e. The van der Waals surface area contributed by atoms with E-state index >= 15 is 8.78 Å². The van der Waals surface area contributed by atoms with E-state index in [2.05, 4.69) is 15.9 Å². The van der Waals surface area contributed by atoms with E-state index in [4.69, 9.17) is 32.7 Å². The van der Waals surface area contributed by atoms with Gasteiger partial charge in [-0.25, -0.2) is 26.9 Å². The molecule has 3 aromatic rings. The number of phenolic OH excluding ortho intramolecular Hbond substituents is 1. The fourth-order valence-corrected chi connectivity index (χ4v) is 9.07. The zero-order valence-corrected chi connectivity index (χ0v) is 29.2. The first-order chi connectivity index (χ1) is 24.0. The van der Waals surface area contributed by atoms with E-state index in [9.17, 15) is 37.5 Å². The average molecular weight is 816 g/mol. The quantitative estimate of drug-likeness (QED) is 0.0769. The van der Waals surface area contributed by atoms with Crippen LogP contribution in [0.4, 0.5) is 33.3 Å². The number of imide groups is 2. The second kappa shape index (κ2) is 11.9. The summed E-state index contributed by atoms with van der Waals surface area (Å²) in [5, 5.41) is 10.7. The molecular weight excluding hydrogens is 794 g/mol. The number of alkyl halides is 2. The zero-order valence-electron chi connectivity index (χ0n) is 26.1. The van der Waals surface area contributed by atoms with E-state index in [0.717, 1.165) is 4.90 Å². The largest absolute Gasteiger partial charge is 0.502 e. The fourth-order valence-electron chi connectivity index (χ4n) is 7.87. The molecule has 3 aromatic carbocycles. The minimum Gasteiger partial charge on any atom is -0.502 e. The van der Waals surface area contributed by atoms with Crippen molar-refractivity contribution in [1.29, 1.82) is 0 Å². The minimum absolute atomic E-state index is 0.00197. The standard InChI is InChI=1S/C34H22BrCl2F5N2O7/c1-50-18-9-12(10-19(51-2)28(18)45)21-15-7-8-16-20(30(47)43(29(16)46)14-5-3-13(35)4-6-14)17(15)11-33(36)31(48)44(32(49)34(21,33)37)27-25(41)23(39)22(38)24(40)26(27)42/h3-7,9-10,16-17,20-21,45H,8,11H2,1-2H3/t16-,17+,20-,21-,33+,34-/m0/s1. The van der Waals surface area contributed by atoms with Gasteiger partial charge < -0.3 is 14.6 Å². The molecule has 51 heavy (non-hydrogen) atoms. The number of hydrogen-bond donors (Lipinski definition) is 1. The SMILES string of the molecule is COc1cc([C@H]2C3=CC[C@@H]4C(=O)N(c5ccc(Br)cc5)C(=O)[C@@H]4[C@@H]3C[C@@]3(Cl)C(=O)N(c4c(F)c(F)c(F)c(F)c4F)C(=O)[C@@]23Cl)cc(OC)c1O. The third-order valence-corrected chi connectivity index (χ3v) is 12.1. The Morgan fingerprint density at radius 3 is 1.90 bits per heavy atom. The van der Waals surface area contributed by atoms with Crippen molar-refractivity contribution in [2.45, 2.75) is 28.5 Å². The number of anilines is 2. The van der Waals surface area contributed by atoms with Gasteiger partial charge in [0.1, 0.15) is 5.69 Å². The van der Waals surface area contributed by atoms with Crippen LogP contribution in [0, 0.1) is 46.8 Å². The van der Waals surface area contributed by atoms with Crippen molar-refractivity contribution in [3.8, 4) is 17.2 Å². The number of phenols is 1. The van der Waals surface area contributed by atoms with Gasteiger partial charge in [0, 0.05) is 10.4 Å². The van der Waals surface area contributed by atoms with Crippen LogP contribution in [0.3, 0.4) is 0 Å². The molecule has 4 amide bonds. The molecule has 0 unspecified atom stereocenters. The molecule has 2 aliphatic heterocycles. The summed E-state index contributed by atoms with van der Waals surface area (Å²) in [6, 6.07) is 8.78. The monoisotopic (exact) mass is 814 g/mol. The molecule has 4 aliphatic rings. The minimum atomic E-state index is -2.76. The number of amides is 4. The van der Waals surface area contributed by atoms with Gasteiger partial charge in [0.15, 0.2) is 44.5 Å². The summed E-state index contributed by atoms with van der Waals surface area (Å²) in [6.45, 7) is 0. The summed E-state index contributed by atoms with van der Waals surface area (Å²) < 4.78 is 84.8. The summed E-state index contributed by atoms with van der Waals surface area (Å²) >= 11 is 17.6. The molecular formula is C34H22BrCl2F5N2O7. The number of rotatable bonds is 5. The summed E-state index contributed by atoms with van der Waals surface area (Å²) in [5.74, 6) is -22.6. The summed E-state index contributed by atoms with van der Waals surface area (Å²) in [4.78, 5) is 52.1. The van der Waals surface area contributed by atoms with E-state index in [1.807, 2.05) is 0 Å². The predicted octanol–water partition coefficient (Wildman–Crippen LogP) is 6.64. The molecule has 0 spiro atoms. The maximum atomic E-state index is 15.3. The lowest BCUT2D eigenvalue weighted by Crippen LogP contribution is -2.60. The van der Waals surface area contributed by atoms with Gasteiger partial charge in [-0.05, 0) is 60.7 Å². The Labute approximate surface area is 303 Å². The van der Waals surface area contributed by atoms with Crippen LogP contribution in [0.2, 0.25) is 0 Å². The van der Waals surface area contributed by atoms with E-state index < -0.39 is 104 Å². The van der Waals surface area contributed by atoms with Gasteiger partial charge in [-0.3, -0.25) is 24.1 Å². The number of aromatic hydroxyl groups is 1. The first kappa shape index (κ1) is 35.2. The summed E-state index contributed by atoms with van der Waals surface area (Å²) in [7, 11) is 2.40. The highest BCUT2D eigenvalue weighted by Gasteiger charge is 2.77. The molecule has 0 aromatic heterocycles. The van der Waals surface area contributed by atoms with Gasteiger partial charge in [0.05, 0.1) is 31.7 Å². The molecule has 3 fully saturated rings. The van der Waals surface area contributed by atoms with Gasteiger partial charge in [-0.2, -0.15) is 0 Å². The first-order valence-corrected chi connectivity index (χ1v) is 16.7. The fraction of sp³-hybridized carbons (Fsp3) is 0.294. The molecule has 2 aliphatic carbocycles. The average Bonchev–Trinajstić information content (AvgIpc) is 3.45. The van der Waals surface area contributed by atoms with Crippen molar-refractivity contribution in [3.63, 3.8) is 0 Å². The van der Waals surface area contributed by atoms with Crippen molar-refractivity contribution < 1.29 is 55.7 Å². The van der Waals surface area contributed by atoms with Crippen molar-refractivity contribution in [2.24, 2.45) is 17.8 Å². The number of carbonyl (C=O) groups is 4. The number of nitrogens with zero attached hydrogens (tertiary/aromatic N) is 2. The summed E-state index contributed by atoms with van der Waals surface area (Å²) in [5.41, 5.74) is -1.42. The van der Waals surface area contributed by atoms with Crippen LogP contribution in [-0.4, -0.2) is 52.7 Å². The number of ether oxygens (including phenoxy) is 2. The lowest BCUT2D eigenvalue weighted by molar-refractivity contribution is -0.125. The van der Waals surface area contributed by atoms with Crippen molar-refractivity contribution in [3.05, 3.63) is 87.2 Å². The number of fused-ring (bicyclic) bond motifs is 4. The molecule has 266 valence electrons. The summed E-state index contributed by atoms with van der Waals surface area (Å²) in [6.07, 6.45) is 0.832. The van der Waals surface area contributed by atoms with Gasteiger partial charge in [-0.1, -0.05) is 27.6 Å². The Morgan fingerprint density at radius 1 is 0.804 bits per heavy atom. The van der Waals surface area contributed by atoms with Crippen LogP contribution in [-0.2, 0) is 19.2 Å². The van der Waals surface area contributed by atoms with Crippen molar-refractivity contribution in [1.82, 2.24) is 0 Å². The number of benzene rings is 3. The Morgan fingerprint density at radius 2 is 1.35 bits per heavy atom. The normalized spacial score (nSPS) is 28.5. The van der Waals surface area contributed by atoms with Gasteiger partial charge in [0.25, 0.3) is 11.8 Å². The van der Waals surface area contributed by atoms with Crippen LogP contribution < -0.4 is 19.3 Å². The number of allylic oxidation sites excluding steroid dienone is 2. The lowest BCUT2D eigenvalue weighted by atomic mass is 9.56. The number of hydrogen-bond acceptors (Lipinski definition) is 7. The van der Waals surface area contributed by atoms with Gasteiger partial charge in [0.2, 0.25) is 23.4 Å². The lowest BCUT2D eigenvalue weighted by Gasteiger charge is -2.50. The van der Waals surface area contributed by atoms with E-state index in [-0.39, 0.29) is 39.6 Å². The molecule has 0 radical (unpaired) electrons. The highest BCUT2D eigenvalue weighted by molar-refractivity contribution is 9.10. The van der Waals surface area contributed by atoms with Crippen LogP contribution in [0.1, 0.15) is 24.3 Å². The maximum absolute atomic E-state index is 15.3. The number of halogens is 8. The molecule has 6 atom stereocenters. The first-order valence-electron chi connectivity index (χ1n) is 15.1. The van der Waals surface area contributed by atoms with E-state index in [0.29, 0.717) is 4.47 Å². The second-order valence-electron chi connectivity index (χ2n) is 12.5. The van der Waals surface area contributed by atoms with Crippen LogP contribution >= 0.6 is 39.1 Å². The Kier molecular flexibility index (Phi) is 8.23. The molecule has 9 nitrogen and oxygen atoms in total. The molecule has 0 bridgehead atoms. The zero-order chi connectivity index (χ0) is 37.1. The third-order valence-electron chi connectivity index (χ3n) is 10.1. The van der Waals surface area contributed by atoms with E-state index in [1.54, 1.807) is 18.2 Å². The smallest absolute Gasteiger partial charge is 0.258 e. The molecule has 2 heterocycles. The van der Waals surface area contributed by atoms with Crippen LogP contribution in [0.25, 0.3) is 0 Å². The second-order valence-corrected chi connectivity index (χ2v) is 14.6. The third kappa shape index (κ3) is 4.56. The Hall–Kier alpha value is -4.21. The van der Waals surface area contributed by atoms with Crippen LogP contribution in [0.15, 0.2) is 52.5 Å². The van der Waals surface area contributed by atoms with Gasteiger partial charge in [-0.15, -0.1) is 23.2 Å². The molecule has 17 heteroatoms. The van der Waals surface area contributed by atoms with Crippen molar-refractivity contribution in [2.75, 3.05) is 24.0 Å². The predicted molar refractivity (Wildman–Crippen MR) is 174 cm³/mol. The van der Waals surface area contributed by atoms with Crippen molar-refractivity contribution >= 4 is 74.1 Å². The molecule has 1 N–H and O–H groups in total. The van der Waals surface area contributed by atoms with Crippen LogP contribution in [0.5, 0.6) is 17.2 Å². The number of methoxy groups -OCH3 is 2. The molecule has 1 saturated carbocycles. The highest BCUT2D eigenvalue weighted by atomic mass is 79.9. The van der Waals surface area contributed by atoms with E-state index in [1.165, 1.54) is 38.5 Å². The Balaban J connectivity index is 1.46. The van der Waals surface area contributed by atoms with Gasteiger partial charge >= 0.3 is 0 Å². The Bertz CT molecular complexity index is 2080. The topological polar surface area (TPSA) is 113 Å². The molecule has 7 rings (SSSR count). The highest BCUT2D eigenvalue weighted by Crippen LogP contribution is 2.66. The molecule has 2 saturated heterocycles. The number of carbonyl (C=O) groups excluding carboxylic acids is 4.